The largest absolute Gasteiger partial charge is 0.357 e. The van der Waals surface area contributed by atoms with Crippen LogP contribution in [0.15, 0.2) is 48.5 Å². The van der Waals surface area contributed by atoms with Crippen LogP contribution < -0.4 is 16.2 Å². The van der Waals surface area contributed by atoms with E-state index in [0.29, 0.717) is 27.3 Å². The molecule has 114 valence electrons. The molecule has 2 aromatic rings. The minimum absolute atomic E-state index is 0.317. The molecule has 0 spiro atoms. The Kier molecular flexibility index (Phi) is 6.00. The number of hydrazine groups is 1. The summed E-state index contributed by atoms with van der Waals surface area (Å²) in [5.74, 6) is -0.359. The summed E-state index contributed by atoms with van der Waals surface area (Å²) in [6, 6.07) is 14.4. The highest BCUT2D eigenvalue weighted by Crippen LogP contribution is 2.22. The molecule has 0 aliphatic heterocycles. The van der Waals surface area contributed by atoms with Gasteiger partial charge in [-0.2, -0.15) is 0 Å². The van der Waals surface area contributed by atoms with Crippen molar-refractivity contribution in [3.8, 4) is 0 Å². The summed E-state index contributed by atoms with van der Waals surface area (Å²) in [6.07, 6.45) is 0. The number of thiocarbonyl (C=S) groups is 1. The summed E-state index contributed by atoms with van der Waals surface area (Å²) in [5, 5.41) is 4.01. The topological polar surface area (TPSA) is 53.2 Å². The smallest absolute Gasteiger partial charge is 0.269 e. The van der Waals surface area contributed by atoms with Crippen molar-refractivity contribution in [2.75, 3.05) is 0 Å². The van der Waals surface area contributed by atoms with Crippen LogP contribution in [0.2, 0.25) is 10.0 Å². The number of hydrogen-bond acceptors (Lipinski definition) is 2. The molecule has 2 rings (SSSR count). The van der Waals surface area contributed by atoms with Gasteiger partial charge < -0.3 is 5.32 Å². The lowest BCUT2D eigenvalue weighted by Crippen LogP contribution is -2.46. The molecule has 4 nitrogen and oxygen atoms in total. The van der Waals surface area contributed by atoms with Gasteiger partial charge in [0.2, 0.25) is 0 Å². The number of carbonyl (C=O) groups excluding carboxylic acids is 1. The van der Waals surface area contributed by atoms with Gasteiger partial charge in [-0.15, -0.1) is 0 Å². The molecular weight excluding hydrogens is 341 g/mol. The van der Waals surface area contributed by atoms with Crippen LogP contribution in [-0.4, -0.2) is 11.0 Å². The van der Waals surface area contributed by atoms with Crippen LogP contribution in [0.1, 0.15) is 15.9 Å². The van der Waals surface area contributed by atoms with Crippen LogP contribution >= 0.6 is 35.4 Å². The van der Waals surface area contributed by atoms with Crippen molar-refractivity contribution in [3.63, 3.8) is 0 Å². The third-order valence-corrected chi connectivity index (χ3v) is 3.75. The highest BCUT2D eigenvalue weighted by molar-refractivity contribution is 7.80. The van der Waals surface area contributed by atoms with E-state index in [9.17, 15) is 4.79 Å². The molecule has 0 aliphatic rings. The summed E-state index contributed by atoms with van der Waals surface area (Å²) >= 11 is 16.8. The molecule has 3 N–H and O–H groups in total. The highest BCUT2D eigenvalue weighted by atomic mass is 35.5. The maximum absolute atomic E-state index is 11.9. The van der Waals surface area contributed by atoms with E-state index in [-0.39, 0.29) is 5.91 Å². The first-order chi connectivity index (χ1) is 10.6. The zero-order valence-corrected chi connectivity index (χ0v) is 13.7. The van der Waals surface area contributed by atoms with Gasteiger partial charge in [0.1, 0.15) is 0 Å². The predicted molar refractivity (Wildman–Crippen MR) is 92.9 cm³/mol. The molecule has 0 saturated carbocycles. The third kappa shape index (κ3) is 4.87. The van der Waals surface area contributed by atoms with Crippen LogP contribution in [0.4, 0.5) is 0 Å². The van der Waals surface area contributed by atoms with Crippen molar-refractivity contribution in [1.82, 2.24) is 16.2 Å². The molecule has 0 saturated heterocycles. The van der Waals surface area contributed by atoms with E-state index in [4.69, 9.17) is 35.4 Å². The Labute approximate surface area is 143 Å². The SMILES string of the molecule is O=C(NNC(=S)NCc1ccccc1)c1ccc(Cl)c(Cl)c1. The van der Waals surface area contributed by atoms with Crippen molar-refractivity contribution >= 4 is 46.4 Å². The van der Waals surface area contributed by atoms with E-state index in [1.165, 1.54) is 6.07 Å². The van der Waals surface area contributed by atoms with E-state index in [0.717, 1.165) is 5.56 Å². The maximum Gasteiger partial charge on any atom is 0.269 e. The second-order valence-corrected chi connectivity index (χ2v) is 5.60. The molecule has 0 bridgehead atoms. The summed E-state index contributed by atoms with van der Waals surface area (Å²) in [6.45, 7) is 0.565. The number of amides is 1. The molecule has 7 heteroatoms. The molecule has 2 aromatic carbocycles. The first-order valence-electron chi connectivity index (χ1n) is 6.39. The summed E-state index contributed by atoms with van der Waals surface area (Å²) < 4.78 is 0. The fourth-order valence-electron chi connectivity index (χ4n) is 1.65. The van der Waals surface area contributed by atoms with E-state index in [1.54, 1.807) is 12.1 Å². The number of halogens is 2. The van der Waals surface area contributed by atoms with E-state index in [1.807, 2.05) is 30.3 Å². The first kappa shape index (κ1) is 16.5. The van der Waals surface area contributed by atoms with E-state index >= 15 is 0 Å². The van der Waals surface area contributed by atoms with Gasteiger partial charge in [0, 0.05) is 12.1 Å². The average Bonchev–Trinajstić information content (AvgIpc) is 2.54. The summed E-state index contributed by atoms with van der Waals surface area (Å²) in [4.78, 5) is 11.9. The Morgan fingerprint density at radius 3 is 2.41 bits per heavy atom. The third-order valence-electron chi connectivity index (χ3n) is 2.77. The molecule has 0 unspecified atom stereocenters. The highest BCUT2D eigenvalue weighted by Gasteiger charge is 2.08. The van der Waals surface area contributed by atoms with Crippen molar-refractivity contribution in [2.45, 2.75) is 6.54 Å². The summed E-state index contributed by atoms with van der Waals surface area (Å²) in [5.41, 5.74) is 6.59. The molecule has 0 aliphatic carbocycles. The maximum atomic E-state index is 11.9. The van der Waals surface area contributed by atoms with Crippen LogP contribution in [0.5, 0.6) is 0 Å². The molecule has 0 heterocycles. The van der Waals surface area contributed by atoms with Crippen molar-refractivity contribution in [2.24, 2.45) is 0 Å². The second-order valence-electron chi connectivity index (χ2n) is 4.38. The molecule has 0 atom stereocenters. The van der Waals surface area contributed by atoms with Crippen molar-refractivity contribution < 1.29 is 4.79 Å². The van der Waals surface area contributed by atoms with Gasteiger partial charge in [-0.3, -0.25) is 15.6 Å². The minimum atomic E-state index is -0.359. The zero-order chi connectivity index (χ0) is 15.9. The standard InChI is InChI=1S/C15H13Cl2N3OS/c16-12-7-6-11(8-13(12)17)14(21)19-20-15(22)18-9-10-4-2-1-3-5-10/h1-8H,9H2,(H,19,21)(H2,18,20,22). The van der Waals surface area contributed by atoms with Gasteiger partial charge in [0.15, 0.2) is 5.11 Å². The zero-order valence-electron chi connectivity index (χ0n) is 11.4. The van der Waals surface area contributed by atoms with Crippen LogP contribution in [0.3, 0.4) is 0 Å². The number of benzene rings is 2. The second kappa shape index (κ2) is 7.98. The number of rotatable bonds is 3. The lowest BCUT2D eigenvalue weighted by Gasteiger charge is -2.12. The van der Waals surface area contributed by atoms with Crippen LogP contribution in [0.25, 0.3) is 0 Å². The van der Waals surface area contributed by atoms with Crippen LogP contribution in [-0.2, 0) is 6.54 Å². The Hall–Kier alpha value is -1.82. The monoisotopic (exact) mass is 353 g/mol. The van der Waals surface area contributed by atoms with Gasteiger partial charge in [-0.05, 0) is 36.0 Å². The molecule has 0 aromatic heterocycles. The summed E-state index contributed by atoms with van der Waals surface area (Å²) in [7, 11) is 0. The van der Waals surface area contributed by atoms with Gasteiger partial charge >= 0.3 is 0 Å². The molecule has 0 radical (unpaired) electrons. The van der Waals surface area contributed by atoms with Crippen LogP contribution in [0, 0.1) is 0 Å². The Balaban J connectivity index is 1.80. The minimum Gasteiger partial charge on any atom is -0.357 e. The fourth-order valence-corrected chi connectivity index (χ4v) is 2.07. The number of hydrogen-bond donors (Lipinski definition) is 3. The lowest BCUT2D eigenvalue weighted by molar-refractivity contribution is 0.0943. The van der Waals surface area contributed by atoms with Gasteiger partial charge in [0.25, 0.3) is 5.91 Å². The average molecular weight is 354 g/mol. The normalized spacial score (nSPS) is 9.91. The quantitative estimate of drug-likeness (QED) is 0.585. The molecule has 0 fully saturated rings. The molecule has 22 heavy (non-hydrogen) atoms. The van der Waals surface area contributed by atoms with E-state index < -0.39 is 0 Å². The van der Waals surface area contributed by atoms with E-state index in [2.05, 4.69) is 16.2 Å². The Morgan fingerprint density at radius 1 is 1.00 bits per heavy atom. The number of nitrogens with one attached hydrogen (secondary N) is 3. The lowest BCUT2D eigenvalue weighted by atomic mass is 10.2. The Bertz CT molecular complexity index is 680. The Morgan fingerprint density at radius 2 is 1.73 bits per heavy atom. The van der Waals surface area contributed by atoms with Gasteiger partial charge in [0.05, 0.1) is 10.0 Å². The van der Waals surface area contributed by atoms with Crippen molar-refractivity contribution in [1.29, 1.82) is 0 Å². The first-order valence-corrected chi connectivity index (χ1v) is 7.56. The predicted octanol–water partition coefficient (Wildman–Crippen LogP) is 3.30. The molecule has 1 amide bonds. The fraction of sp³-hybridized carbons (Fsp3) is 0.0667. The van der Waals surface area contributed by atoms with Gasteiger partial charge in [-0.25, -0.2) is 0 Å². The molecular formula is C15H13Cl2N3OS. The van der Waals surface area contributed by atoms with Gasteiger partial charge in [-0.1, -0.05) is 53.5 Å². The number of carbonyl (C=O) groups is 1. The van der Waals surface area contributed by atoms with Crippen molar-refractivity contribution in [3.05, 3.63) is 69.7 Å².